The Morgan fingerprint density at radius 2 is 1.78 bits per heavy atom. The predicted octanol–water partition coefficient (Wildman–Crippen LogP) is 10.1. The molecule has 3 heterocycles. The molecule has 0 saturated heterocycles. The fourth-order valence-corrected chi connectivity index (χ4v) is 7.86. The van der Waals surface area contributed by atoms with Gasteiger partial charge in [-0.2, -0.15) is 4.57 Å². The Labute approximate surface area is 278 Å². The minimum atomic E-state index is -0.0994. The first-order valence-electron chi connectivity index (χ1n) is 18.0. The van der Waals surface area contributed by atoms with E-state index < -0.39 is 0 Å². The second kappa shape index (κ2) is 15.2. The summed E-state index contributed by atoms with van der Waals surface area (Å²) in [5.74, 6) is 4.11. The standard InChI is InChI=1S/C41H58NO4/c1-9-12-16-31-27-45-38-25-35-36(26-39(38)46-31)40-34-17-14-13-15-30(34)18-20-42(40)41(10-2,11-3)37(35)19-21-44-33(23-29(6)7)24-32(43-8)22-28(4)5/h13-15,17-18,20,24-26,28-29,31-32,37H,9-12,16,19,21-23,27H2,1-8H3/q+1. The van der Waals surface area contributed by atoms with E-state index in [1.54, 1.807) is 0 Å². The van der Waals surface area contributed by atoms with Gasteiger partial charge in [-0.15, -0.1) is 0 Å². The van der Waals surface area contributed by atoms with E-state index >= 15 is 0 Å². The van der Waals surface area contributed by atoms with E-state index in [-0.39, 0.29) is 23.7 Å². The van der Waals surface area contributed by atoms with Crippen LogP contribution in [0.25, 0.3) is 22.0 Å². The number of aromatic nitrogens is 1. The molecule has 5 heteroatoms. The van der Waals surface area contributed by atoms with Crippen LogP contribution in [0.5, 0.6) is 11.5 Å². The first-order valence-corrected chi connectivity index (χ1v) is 18.0. The van der Waals surface area contributed by atoms with Crippen LogP contribution in [-0.2, 0) is 15.0 Å². The van der Waals surface area contributed by atoms with Gasteiger partial charge in [-0.05, 0) is 72.7 Å². The zero-order chi connectivity index (χ0) is 32.8. The van der Waals surface area contributed by atoms with Gasteiger partial charge in [-0.25, -0.2) is 0 Å². The SMILES string of the molecule is CCCCC1COc2cc3c(cc2O1)-c1c2ccccc2cc[n+]1C(CC)(CC)C3CCOC(=CC(CC(C)C)OC)CC(C)C. The normalized spacial score (nSPS) is 19.3. The van der Waals surface area contributed by atoms with Crippen molar-refractivity contribution in [2.45, 2.75) is 123 Å². The summed E-state index contributed by atoms with van der Waals surface area (Å²) >= 11 is 0. The van der Waals surface area contributed by atoms with E-state index in [0.29, 0.717) is 25.0 Å². The van der Waals surface area contributed by atoms with Crippen molar-refractivity contribution >= 4 is 10.8 Å². The number of methoxy groups -OCH3 is 1. The lowest BCUT2D eigenvalue weighted by Gasteiger charge is -2.41. The van der Waals surface area contributed by atoms with Crippen molar-refractivity contribution < 1.29 is 23.5 Å². The van der Waals surface area contributed by atoms with Crippen LogP contribution in [0.3, 0.4) is 0 Å². The molecular formula is C41H58NO4+. The van der Waals surface area contributed by atoms with Gasteiger partial charge in [0.15, 0.2) is 23.2 Å². The second-order valence-electron chi connectivity index (χ2n) is 14.3. The highest BCUT2D eigenvalue weighted by atomic mass is 16.6. The number of ether oxygens (including phenoxy) is 4. The molecule has 46 heavy (non-hydrogen) atoms. The Morgan fingerprint density at radius 3 is 2.48 bits per heavy atom. The molecule has 0 fully saturated rings. The molecule has 1 aromatic heterocycles. The lowest BCUT2D eigenvalue weighted by molar-refractivity contribution is -0.762. The third kappa shape index (κ3) is 7.10. The Balaban J connectivity index is 1.57. The van der Waals surface area contributed by atoms with Crippen molar-refractivity contribution in [1.29, 1.82) is 0 Å². The molecule has 0 N–H and O–H groups in total. The van der Waals surface area contributed by atoms with E-state index in [9.17, 15) is 0 Å². The van der Waals surface area contributed by atoms with Crippen LogP contribution >= 0.6 is 0 Å². The lowest BCUT2D eigenvalue weighted by Crippen LogP contribution is -2.62. The van der Waals surface area contributed by atoms with Crippen molar-refractivity contribution in [3.05, 3.63) is 66.1 Å². The van der Waals surface area contributed by atoms with Gasteiger partial charge in [0.05, 0.1) is 35.3 Å². The van der Waals surface area contributed by atoms with Crippen molar-refractivity contribution in [3.8, 4) is 22.8 Å². The lowest BCUT2D eigenvalue weighted by atomic mass is 9.68. The maximum Gasteiger partial charge on any atom is 0.221 e. The number of pyridine rings is 1. The molecule has 5 rings (SSSR count). The van der Waals surface area contributed by atoms with Crippen molar-refractivity contribution in [1.82, 2.24) is 0 Å². The topological polar surface area (TPSA) is 40.8 Å². The molecule has 0 bridgehead atoms. The number of rotatable bonds is 15. The third-order valence-corrected chi connectivity index (χ3v) is 10.2. The largest absolute Gasteiger partial charge is 0.498 e. The number of allylic oxidation sites excluding steroid dienone is 1. The first-order chi connectivity index (χ1) is 22.2. The molecule has 250 valence electrons. The van der Waals surface area contributed by atoms with Gasteiger partial charge in [0, 0.05) is 32.4 Å². The van der Waals surface area contributed by atoms with Gasteiger partial charge >= 0.3 is 0 Å². The fraction of sp³-hybridized carbons (Fsp3) is 0.585. The summed E-state index contributed by atoms with van der Waals surface area (Å²) in [5.41, 5.74) is 3.79. The van der Waals surface area contributed by atoms with E-state index in [0.717, 1.165) is 68.6 Å². The number of benzene rings is 2. The highest BCUT2D eigenvalue weighted by Crippen LogP contribution is 2.51. The molecule has 3 atom stereocenters. The summed E-state index contributed by atoms with van der Waals surface area (Å²) in [7, 11) is 1.81. The molecular weight excluding hydrogens is 570 g/mol. The summed E-state index contributed by atoms with van der Waals surface area (Å²) < 4.78 is 28.2. The van der Waals surface area contributed by atoms with Gasteiger partial charge in [-0.3, -0.25) is 0 Å². The van der Waals surface area contributed by atoms with E-state index in [2.05, 4.69) is 108 Å². The van der Waals surface area contributed by atoms with Crippen LogP contribution in [0.2, 0.25) is 0 Å². The summed E-state index contributed by atoms with van der Waals surface area (Å²) in [6.07, 6.45) is 12.9. The highest BCUT2D eigenvalue weighted by Gasteiger charge is 2.52. The summed E-state index contributed by atoms with van der Waals surface area (Å²) in [4.78, 5) is 0. The highest BCUT2D eigenvalue weighted by molar-refractivity contribution is 5.94. The van der Waals surface area contributed by atoms with Crippen LogP contribution in [-0.4, -0.2) is 32.5 Å². The molecule has 0 saturated carbocycles. The number of unbranched alkanes of at least 4 members (excludes halogenated alkanes) is 1. The molecule has 2 aliphatic rings. The first kappa shape index (κ1) is 34.3. The fourth-order valence-electron chi connectivity index (χ4n) is 7.86. The van der Waals surface area contributed by atoms with E-state index in [4.69, 9.17) is 18.9 Å². The molecule has 3 aromatic rings. The van der Waals surface area contributed by atoms with Crippen LogP contribution in [0.1, 0.15) is 111 Å². The third-order valence-electron chi connectivity index (χ3n) is 10.2. The van der Waals surface area contributed by atoms with Crippen molar-refractivity contribution in [2.24, 2.45) is 11.8 Å². The van der Waals surface area contributed by atoms with Crippen LogP contribution in [0.4, 0.5) is 0 Å². The quantitative estimate of drug-likeness (QED) is 0.124. The molecule has 2 aromatic carbocycles. The van der Waals surface area contributed by atoms with Gasteiger partial charge < -0.3 is 18.9 Å². The maximum absolute atomic E-state index is 6.71. The smallest absolute Gasteiger partial charge is 0.221 e. The van der Waals surface area contributed by atoms with Gasteiger partial charge in [-0.1, -0.05) is 73.1 Å². The Kier molecular flexibility index (Phi) is 11.4. The molecule has 0 aliphatic carbocycles. The van der Waals surface area contributed by atoms with E-state index in [1.165, 1.54) is 27.6 Å². The average molecular weight is 629 g/mol. The van der Waals surface area contributed by atoms with Crippen LogP contribution in [0, 0.1) is 11.8 Å². The van der Waals surface area contributed by atoms with Gasteiger partial charge in [0.25, 0.3) is 0 Å². The number of nitrogens with zero attached hydrogens (tertiary/aromatic N) is 1. The van der Waals surface area contributed by atoms with Gasteiger partial charge in [0.2, 0.25) is 5.69 Å². The van der Waals surface area contributed by atoms with Crippen LogP contribution < -0.4 is 14.0 Å². The Hall–Kier alpha value is -3.05. The second-order valence-corrected chi connectivity index (χ2v) is 14.3. The zero-order valence-corrected chi connectivity index (χ0v) is 29.7. The minimum Gasteiger partial charge on any atom is -0.498 e. The molecule has 0 radical (unpaired) electrons. The minimum absolute atomic E-state index is 0.0649. The van der Waals surface area contributed by atoms with Crippen molar-refractivity contribution in [2.75, 3.05) is 20.3 Å². The number of hydrogen-bond donors (Lipinski definition) is 0. The molecule has 0 spiro atoms. The average Bonchev–Trinajstić information content (AvgIpc) is 3.05. The molecule has 2 aliphatic heterocycles. The predicted molar refractivity (Wildman–Crippen MR) is 189 cm³/mol. The Morgan fingerprint density at radius 1 is 1.00 bits per heavy atom. The number of fused-ring (bicyclic) bond motifs is 6. The summed E-state index contributed by atoms with van der Waals surface area (Å²) in [6.45, 7) is 17.2. The summed E-state index contributed by atoms with van der Waals surface area (Å²) in [6, 6.07) is 15.7. The monoisotopic (exact) mass is 628 g/mol. The van der Waals surface area contributed by atoms with Gasteiger partial charge in [0.1, 0.15) is 12.7 Å². The Bertz CT molecular complexity index is 1490. The molecule has 5 nitrogen and oxygen atoms in total. The summed E-state index contributed by atoms with van der Waals surface area (Å²) in [5, 5.41) is 2.54. The van der Waals surface area contributed by atoms with Crippen molar-refractivity contribution in [3.63, 3.8) is 0 Å². The molecule has 0 amide bonds. The zero-order valence-electron chi connectivity index (χ0n) is 29.7. The molecule has 3 unspecified atom stereocenters. The van der Waals surface area contributed by atoms with Crippen LogP contribution in [0.15, 0.2) is 60.5 Å². The van der Waals surface area contributed by atoms with E-state index in [1.807, 2.05) is 7.11 Å². The number of hydrogen-bond acceptors (Lipinski definition) is 4. The maximum atomic E-state index is 6.71.